The van der Waals surface area contributed by atoms with Crippen LogP contribution < -0.4 is 26.3 Å². The highest BCUT2D eigenvalue weighted by molar-refractivity contribution is 7.25. The number of nitrogens with zero attached hydrogens (tertiary/aromatic N) is 3. The topological polar surface area (TPSA) is 11.4 Å². The predicted molar refractivity (Wildman–Crippen MR) is 285 cm³/mol. The zero-order chi connectivity index (χ0) is 45.5. The summed E-state index contributed by atoms with van der Waals surface area (Å²) in [6.07, 6.45) is 0. The van der Waals surface area contributed by atoms with Crippen molar-refractivity contribution in [3.8, 4) is 5.69 Å². The second-order valence-electron chi connectivity index (χ2n) is 22.8. The van der Waals surface area contributed by atoms with Crippen molar-refractivity contribution in [2.24, 2.45) is 0 Å². The number of anilines is 6. The lowest BCUT2D eigenvalue weighted by Gasteiger charge is -2.44. The van der Waals surface area contributed by atoms with Crippen LogP contribution in [0.5, 0.6) is 0 Å². The molecule has 324 valence electrons. The quantitative estimate of drug-likeness (QED) is 0.164. The average Bonchev–Trinajstić information content (AvgIpc) is 3.79. The van der Waals surface area contributed by atoms with Gasteiger partial charge in [0, 0.05) is 65.3 Å². The first-order valence-electron chi connectivity index (χ1n) is 23.5. The van der Waals surface area contributed by atoms with Gasteiger partial charge in [-0.2, -0.15) is 0 Å². The molecular weight excluding hydrogens is 806 g/mol. The van der Waals surface area contributed by atoms with E-state index in [0.29, 0.717) is 0 Å². The molecule has 0 atom stereocenters. The van der Waals surface area contributed by atoms with Crippen LogP contribution in [0, 0.1) is 0 Å². The minimum Gasteiger partial charge on any atom is -0.319 e. The Balaban J connectivity index is 1.30. The number of thiophene rings is 1. The second kappa shape index (κ2) is 14.2. The second-order valence-corrected chi connectivity index (χ2v) is 23.8. The summed E-state index contributed by atoms with van der Waals surface area (Å²) in [5.74, 6) is 0. The smallest absolute Gasteiger partial charge is 0.273 e. The molecule has 0 N–H and O–H groups in total. The van der Waals surface area contributed by atoms with Crippen molar-refractivity contribution in [1.29, 1.82) is 0 Å². The van der Waals surface area contributed by atoms with Crippen LogP contribution in [0.25, 0.3) is 36.8 Å². The maximum Gasteiger partial charge on any atom is 0.273 e. The van der Waals surface area contributed by atoms with Crippen molar-refractivity contribution < 1.29 is 0 Å². The van der Waals surface area contributed by atoms with E-state index < -0.39 is 0 Å². The monoisotopic (exact) mass is 865 g/mol. The van der Waals surface area contributed by atoms with E-state index in [1.54, 1.807) is 0 Å². The van der Waals surface area contributed by atoms with Crippen molar-refractivity contribution >= 4 is 99.8 Å². The van der Waals surface area contributed by atoms with Crippen LogP contribution in [0.2, 0.25) is 0 Å². The van der Waals surface area contributed by atoms with Gasteiger partial charge in [-0.1, -0.05) is 156 Å². The van der Waals surface area contributed by atoms with Crippen LogP contribution in [0.15, 0.2) is 146 Å². The minimum atomic E-state index is -0.0619. The fraction of sp³-hybridized carbons (Fsp3) is 0.267. The van der Waals surface area contributed by atoms with Crippen LogP contribution in [0.1, 0.15) is 105 Å². The zero-order valence-corrected chi connectivity index (χ0v) is 41.0. The van der Waals surface area contributed by atoms with Gasteiger partial charge in [-0.15, -0.1) is 11.3 Å². The summed E-state index contributed by atoms with van der Waals surface area (Å²) in [6.45, 7) is 27.7. The molecule has 0 aliphatic carbocycles. The molecule has 0 saturated carbocycles. The number of hydrogen-bond acceptors (Lipinski definition) is 3. The molecule has 4 heterocycles. The highest BCUT2D eigenvalue weighted by Gasteiger charge is 2.47. The Morgan fingerprint density at radius 1 is 0.400 bits per heavy atom. The largest absolute Gasteiger partial charge is 0.319 e. The van der Waals surface area contributed by atoms with Gasteiger partial charge in [-0.05, 0) is 128 Å². The van der Waals surface area contributed by atoms with E-state index in [1.807, 2.05) is 11.3 Å². The van der Waals surface area contributed by atoms with Gasteiger partial charge < -0.3 is 14.4 Å². The molecule has 3 nitrogen and oxygen atoms in total. The third kappa shape index (κ3) is 6.59. The van der Waals surface area contributed by atoms with E-state index in [2.05, 4.69) is 243 Å². The summed E-state index contributed by atoms with van der Waals surface area (Å²) in [6, 6.07) is 56.5. The van der Waals surface area contributed by atoms with Gasteiger partial charge in [0.1, 0.15) is 0 Å². The van der Waals surface area contributed by atoms with E-state index in [9.17, 15) is 0 Å². The molecule has 0 spiro atoms. The standard InChI is InChI=1S/C60H60BN3S/c1-57(2,3)37-20-27-41(28-21-37)62-48-33-26-40(60(10,11)12)34-47(48)61-54-49(62)17-15-18-50(54)63(42-29-22-38(23-30-42)58(4,5)6)55-46-35-45-44-16-13-14-19-52(44)65-53(45)36-51(46)64(56(55)61)43-31-24-39(25-32-43)59(7,8)9/h13-36H,1-12H3. The van der Waals surface area contributed by atoms with Crippen LogP contribution in [-0.4, -0.2) is 11.3 Å². The number of hydrogen-bond donors (Lipinski definition) is 0. The summed E-state index contributed by atoms with van der Waals surface area (Å²) in [5, 5.41) is 3.89. The molecule has 9 aromatic rings. The maximum atomic E-state index is 2.64. The van der Waals surface area contributed by atoms with Gasteiger partial charge in [-0.3, -0.25) is 0 Å². The molecule has 65 heavy (non-hydrogen) atoms. The molecular formula is C60H60BN3S. The molecule has 2 aromatic heterocycles. The van der Waals surface area contributed by atoms with E-state index in [1.165, 1.54) is 110 Å². The molecule has 7 aromatic carbocycles. The molecule has 11 rings (SSSR count). The van der Waals surface area contributed by atoms with E-state index >= 15 is 0 Å². The van der Waals surface area contributed by atoms with Crippen molar-refractivity contribution in [2.75, 3.05) is 9.80 Å². The number of fused-ring (bicyclic) bond motifs is 9. The lowest BCUT2D eigenvalue weighted by molar-refractivity contribution is 0.590. The van der Waals surface area contributed by atoms with Crippen molar-refractivity contribution in [3.63, 3.8) is 0 Å². The molecule has 0 fully saturated rings. The van der Waals surface area contributed by atoms with Gasteiger partial charge >= 0.3 is 0 Å². The van der Waals surface area contributed by atoms with Crippen LogP contribution in [0.3, 0.4) is 0 Å². The fourth-order valence-corrected chi connectivity index (χ4v) is 11.7. The van der Waals surface area contributed by atoms with Crippen LogP contribution in [-0.2, 0) is 21.7 Å². The Bertz CT molecular complexity index is 3340. The molecule has 2 aliphatic heterocycles. The lowest BCUT2D eigenvalue weighted by atomic mass is 9.34. The minimum absolute atomic E-state index is 0.0287. The number of benzene rings is 7. The van der Waals surface area contributed by atoms with Gasteiger partial charge in [0.25, 0.3) is 6.71 Å². The van der Waals surface area contributed by atoms with Crippen LogP contribution >= 0.6 is 11.3 Å². The van der Waals surface area contributed by atoms with Crippen molar-refractivity contribution in [1.82, 2.24) is 4.57 Å². The SMILES string of the molecule is CC(C)(C)c1ccc(N2c3ccc(C(C)(C)C)cc3B3c4c2cccc4N(c2ccc(C(C)(C)C)cc2)c2c3n(-c3ccc(C(C)(C)C)cc3)c3cc4sc5ccccc5c4cc23)cc1. The highest BCUT2D eigenvalue weighted by Crippen LogP contribution is 2.49. The molecule has 2 aliphatic rings. The Hall–Kier alpha value is -6.04. The third-order valence-electron chi connectivity index (χ3n) is 14.2. The normalized spacial score (nSPS) is 14.1. The Labute approximate surface area is 390 Å². The van der Waals surface area contributed by atoms with Gasteiger partial charge in [0.2, 0.25) is 0 Å². The highest BCUT2D eigenvalue weighted by atomic mass is 32.1. The lowest BCUT2D eigenvalue weighted by Crippen LogP contribution is -2.63. The molecule has 5 heteroatoms. The summed E-state index contributed by atoms with van der Waals surface area (Å²) < 4.78 is 5.27. The zero-order valence-electron chi connectivity index (χ0n) is 40.2. The molecule has 0 bridgehead atoms. The van der Waals surface area contributed by atoms with Crippen molar-refractivity contribution in [2.45, 2.75) is 105 Å². The van der Waals surface area contributed by atoms with E-state index in [0.717, 1.165) is 0 Å². The fourth-order valence-electron chi connectivity index (χ4n) is 10.5. The van der Waals surface area contributed by atoms with Gasteiger partial charge in [-0.25, -0.2) is 0 Å². The first kappa shape index (κ1) is 41.7. The Morgan fingerprint density at radius 2 is 0.908 bits per heavy atom. The Kier molecular flexibility index (Phi) is 9.12. The van der Waals surface area contributed by atoms with E-state index in [4.69, 9.17) is 0 Å². The van der Waals surface area contributed by atoms with Crippen molar-refractivity contribution in [3.05, 3.63) is 168 Å². The van der Waals surface area contributed by atoms with Crippen LogP contribution in [0.4, 0.5) is 34.1 Å². The maximum absolute atomic E-state index is 2.64. The first-order chi connectivity index (χ1) is 30.8. The average molecular weight is 866 g/mol. The molecule has 0 amide bonds. The molecule has 0 saturated heterocycles. The number of aromatic nitrogens is 1. The van der Waals surface area contributed by atoms with E-state index in [-0.39, 0.29) is 28.4 Å². The Morgan fingerprint density at radius 3 is 1.48 bits per heavy atom. The van der Waals surface area contributed by atoms with Gasteiger partial charge in [0.05, 0.1) is 11.2 Å². The molecule has 0 unspecified atom stereocenters. The summed E-state index contributed by atoms with van der Waals surface area (Å²) >= 11 is 1.90. The summed E-state index contributed by atoms with van der Waals surface area (Å²) in [4.78, 5) is 5.15. The third-order valence-corrected chi connectivity index (χ3v) is 15.4. The number of rotatable bonds is 3. The van der Waals surface area contributed by atoms with Gasteiger partial charge in [0.15, 0.2) is 0 Å². The summed E-state index contributed by atoms with van der Waals surface area (Å²) in [5.41, 5.74) is 19.1. The first-order valence-corrected chi connectivity index (χ1v) is 24.3. The summed E-state index contributed by atoms with van der Waals surface area (Å²) in [7, 11) is 0. The predicted octanol–water partition coefficient (Wildman–Crippen LogP) is 15.3. The molecule has 0 radical (unpaired) electrons.